The van der Waals surface area contributed by atoms with Gasteiger partial charge in [-0.2, -0.15) is 5.10 Å². The van der Waals surface area contributed by atoms with Crippen LogP contribution in [-0.4, -0.2) is 46.3 Å². The Morgan fingerprint density at radius 3 is 2.65 bits per heavy atom. The molecule has 20 heavy (non-hydrogen) atoms. The second-order valence-corrected chi connectivity index (χ2v) is 4.85. The zero-order chi connectivity index (χ0) is 14.5. The predicted molar refractivity (Wildman–Crippen MR) is 73.2 cm³/mol. The van der Waals surface area contributed by atoms with Crippen molar-refractivity contribution in [3.63, 3.8) is 0 Å². The van der Waals surface area contributed by atoms with Crippen molar-refractivity contribution in [2.24, 2.45) is 5.92 Å². The summed E-state index contributed by atoms with van der Waals surface area (Å²) in [7, 11) is 0. The summed E-state index contributed by atoms with van der Waals surface area (Å²) < 4.78 is 6.72. The number of nitrogens with zero attached hydrogens (tertiary/aromatic N) is 3. The lowest BCUT2D eigenvalue weighted by atomic mass is 9.97. The highest BCUT2D eigenvalue weighted by molar-refractivity contribution is 5.92. The van der Waals surface area contributed by atoms with Gasteiger partial charge in [0.1, 0.15) is 5.69 Å². The standard InChI is InChI=1S/C14H21N3O3/c1-3-17-12(5-8-15-17)13(18)16-9-6-11(7-10-16)14(19)20-4-2/h5,8,11H,3-4,6-7,9-10H2,1-2H3. The molecule has 1 aromatic heterocycles. The van der Waals surface area contributed by atoms with Crippen LogP contribution in [0.25, 0.3) is 0 Å². The average molecular weight is 279 g/mol. The van der Waals surface area contributed by atoms with Crippen LogP contribution in [0.1, 0.15) is 37.2 Å². The lowest BCUT2D eigenvalue weighted by Gasteiger charge is -2.30. The molecule has 6 heteroatoms. The minimum Gasteiger partial charge on any atom is -0.466 e. The van der Waals surface area contributed by atoms with E-state index in [1.54, 1.807) is 21.8 Å². The van der Waals surface area contributed by atoms with Crippen LogP contribution in [0.4, 0.5) is 0 Å². The highest BCUT2D eigenvalue weighted by Crippen LogP contribution is 2.20. The van der Waals surface area contributed by atoms with Gasteiger partial charge in [-0.25, -0.2) is 0 Å². The maximum Gasteiger partial charge on any atom is 0.309 e. The first-order chi connectivity index (χ1) is 9.67. The van der Waals surface area contributed by atoms with Gasteiger partial charge in [0.25, 0.3) is 5.91 Å². The Bertz CT molecular complexity index is 476. The first-order valence-corrected chi connectivity index (χ1v) is 7.15. The number of amides is 1. The van der Waals surface area contributed by atoms with Gasteiger partial charge in [-0.05, 0) is 32.8 Å². The van der Waals surface area contributed by atoms with E-state index in [1.807, 2.05) is 13.8 Å². The van der Waals surface area contributed by atoms with E-state index in [1.165, 1.54) is 0 Å². The van der Waals surface area contributed by atoms with E-state index >= 15 is 0 Å². The molecule has 6 nitrogen and oxygen atoms in total. The Hall–Kier alpha value is -1.85. The van der Waals surface area contributed by atoms with Crippen molar-refractivity contribution in [1.82, 2.24) is 14.7 Å². The summed E-state index contributed by atoms with van der Waals surface area (Å²) in [4.78, 5) is 25.8. The second-order valence-electron chi connectivity index (χ2n) is 4.85. The fraction of sp³-hybridized carbons (Fsp3) is 0.643. The van der Waals surface area contributed by atoms with Gasteiger partial charge in [0, 0.05) is 25.8 Å². The lowest BCUT2D eigenvalue weighted by Crippen LogP contribution is -2.41. The molecule has 1 aliphatic heterocycles. The number of aromatic nitrogens is 2. The molecule has 0 radical (unpaired) electrons. The summed E-state index contributed by atoms with van der Waals surface area (Å²) >= 11 is 0. The molecule has 0 aromatic carbocycles. The number of carbonyl (C=O) groups excluding carboxylic acids is 2. The van der Waals surface area contributed by atoms with Crippen molar-refractivity contribution < 1.29 is 14.3 Å². The molecule has 1 fully saturated rings. The van der Waals surface area contributed by atoms with Gasteiger partial charge in [-0.3, -0.25) is 14.3 Å². The number of aryl methyl sites for hydroxylation is 1. The van der Waals surface area contributed by atoms with Gasteiger partial charge in [0.15, 0.2) is 0 Å². The van der Waals surface area contributed by atoms with Crippen molar-refractivity contribution in [1.29, 1.82) is 0 Å². The molecule has 0 aliphatic carbocycles. The fourth-order valence-corrected chi connectivity index (χ4v) is 2.51. The number of ether oxygens (including phenoxy) is 1. The second kappa shape index (κ2) is 6.54. The highest BCUT2D eigenvalue weighted by atomic mass is 16.5. The largest absolute Gasteiger partial charge is 0.466 e. The van der Waals surface area contributed by atoms with E-state index in [0.717, 1.165) is 0 Å². The van der Waals surface area contributed by atoms with Crippen LogP contribution < -0.4 is 0 Å². The molecular formula is C14H21N3O3. The summed E-state index contributed by atoms with van der Waals surface area (Å²) in [6.07, 6.45) is 2.98. The topological polar surface area (TPSA) is 64.4 Å². The highest BCUT2D eigenvalue weighted by Gasteiger charge is 2.29. The molecule has 0 spiro atoms. The number of likely N-dealkylation sites (tertiary alicyclic amines) is 1. The number of carbonyl (C=O) groups is 2. The summed E-state index contributed by atoms with van der Waals surface area (Å²) in [6, 6.07) is 1.74. The van der Waals surface area contributed by atoms with Crippen molar-refractivity contribution in [3.05, 3.63) is 18.0 Å². The van der Waals surface area contributed by atoms with Crippen molar-refractivity contribution in [3.8, 4) is 0 Å². The predicted octanol–water partition coefficient (Wildman–Crippen LogP) is 1.32. The summed E-state index contributed by atoms with van der Waals surface area (Å²) in [6.45, 7) is 6.04. The Kier molecular flexibility index (Phi) is 4.76. The van der Waals surface area contributed by atoms with Gasteiger partial charge in [-0.1, -0.05) is 0 Å². The zero-order valence-electron chi connectivity index (χ0n) is 12.0. The Balaban J connectivity index is 1.94. The van der Waals surface area contributed by atoms with Gasteiger partial charge in [0.05, 0.1) is 12.5 Å². The van der Waals surface area contributed by atoms with E-state index in [0.29, 0.717) is 44.8 Å². The molecule has 0 atom stereocenters. The summed E-state index contributed by atoms with van der Waals surface area (Å²) in [5, 5.41) is 4.11. The number of hydrogen-bond acceptors (Lipinski definition) is 4. The quantitative estimate of drug-likeness (QED) is 0.780. The molecule has 1 amide bonds. The first-order valence-electron chi connectivity index (χ1n) is 7.15. The Labute approximate surface area is 118 Å². The minimum atomic E-state index is -0.141. The SMILES string of the molecule is CCOC(=O)C1CCN(C(=O)c2ccnn2CC)CC1. The molecule has 2 rings (SSSR count). The number of hydrogen-bond donors (Lipinski definition) is 0. The molecule has 0 bridgehead atoms. The van der Waals surface area contributed by atoms with Crippen LogP contribution in [-0.2, 0) is 16.1 Å². The van der Waals surface area contributed by atoms with E-state index in [-0.39, 0.29) is 17.8 Å². The van der Waals surface area contributed by atoms with E-state index in [9.17, 15) is 9.59 Å². The van der Waals surface area contributed by atoms with Crippen molar-refractivity contribution in [2.45, 2.75) is 33.2 Å². The minimum absolute atomic E-state index is 0.00772. The van der Waals surface area contributed by atoms with Crippen molar-refractivity contribution >= 4 is 11.9 Å². The molecule has 0 N–H and O–H groups in total. The molecule has 0 unspecified atom stereocenters. The van der Waals surface area contributed by atoms with E-state index in [4.69, 9.17) is 4.74 Å². The van der Waals surface area contributed by atoms with Crippen LogP contribution in [0.2, 0.25) is 0 Å². The molecular weight excluding hydrogens is 258 g/mol. The Morgan fingerprint density at radius 2 is 2.05 bits per heavy atom. The molecule has 2 heterocycles. The first kappa shape index (κ1) is 14.6. The maximum atomic E-state index is 12.4. The van der Waals surface area contributed by atoms with Gasteiger partial charge < -0.3 is 9.64 Å². The lowest BCUT2D eigenvalue weighted by molar-refractivity contribution is -0.149. The van der Waals surface area contributed by atoms with Crippen LogP contribution in [0.3, 0.4) is 0 Å². The van der Waals surface area contributed by atoms with Gasteiger partial charge in [0.2, 0.25) is 0 Å². The number of rotatable bonds is 4. The fourth-order valence-electron chi connectivity index (χ4n) is 2.51. The average Bonchev–Trinajstić information content (AvgIpc) is 2.95. The molecule has 0 saturated carbocycles. The zero-order valence-corrected chi connectivity index (χ0v) is 12.0. The summed E-state index contributed by atoms with van der Waals surface area (Å²) in [5.41, 5.74) is 0.613. The maximum absolute atomic E-state index is 12.4. The number of piperidine rings is 1. The Morgan fingerprint density at radius 1 is 1.35 bits per heavy atom. The van der Waals surface area contributed by atoms with Gasteiger partial charge >= 0.3 is 5.97 Å². The van der Waals surface area contributed by atoms with E-state index < -0.39 is 0 Å². The third-order valence-corrected chi connectivity index (χ3v) is 3.64. The van der Waals surface area contributed by atoms with Gasteiger partial charge in [-0.15, -0.1) is 0 Å². The third kappa shape index (κ3) is 3.00. The van der Waals surface area contributed by atoms with E-state index in [2.05, 4.69) is 5.10 Å². The van der Waals surface area contributed by atoms with Crippen LogP contribution >= 0.6 is 0 Å². The van der Waals surface area contributed by atoms with Crippen LogP contribution in [0.5, 0.6) is 0 Å². The molecule has 1 aliphatic rings. The normalized spacial score (nSPS) is 16.2. The molecule has 1 saturated heterocycles. The third-order valence-electron chi connectivity index (χ3n) is 3.64. The van der Waals surface area contributed by atoms with Crippen molar-refractivity contribution in [2.75, 3.05) is 19.7 Å². The monoisotopic (exact) mass is 279 g/mol. The van der Waals surface area contributed by atoms with Crippen LogP contribution in [0, 0.1) is 5.92 Å². The van der Waals surface area contributed by atoms with Crippen LogP contribution in [0.15, 0.2) is 12.3 Å². The molecule has 110 valence electrons. The summed E-state index contributed by atoms with van der Waals surface area (Å²) in [5.74, 6) is -0.222. The smallest absolute Gasteiger partial charge is 0.309 e. The number of esters is 1. The molecule has 1 aromatic rings.